The molecule has 0 spiro atoms. The van der Waals surface area contributed by atoms with E-state index in [1.54, 1.807) is 12.5 Å². The lowest BCUT2D eigenvalue weighted by atomic mass is 10.0. The molecule has 0 amide bonds. The minimum atomic E-state index is 0.136. The maximum atomic E-state index is 12.8. The second-order valence-electron chi connectivity index (χ2n) is 8.18. The maximum Gasteiger partial charge on any atom is 0.162 e. The van der Waals surface area contributed by atoms with Gasteiger partial charge in [-0.15, -0.1) is 0 Å². The number of carbonyl (C=O) groups excluding carboxylic acids is 1. The van der Waals surface area contributed by atoms with Gasteiger partial charge in [0.05, 0.1) is 28.7 Å². The number of rotatable bonds is 8. The van der Waals surface area contributed by atoms with Crippen LogP contribution in [0.2, 0.25) is 0 Å². The SMILES string of the molecule is Cn1cccc1-c1nc2ccc(C(=O)CCCCn3ccnc3)cc2nc1-c1ccccc1. The molecule has 3 aromatic heterocycles. The zero-order valence-electron chi connectivity index (χ0n) is 18.6. The van der Waals surface area contributed by atoms with Gasteiger partial charge in [0.2, 0.25) is 0 Å². The van der Waals surface area contributed by atoms with Gasteiger partial charge in [0.1, 0.15) is 5.69 Å². The van der Waals surface area contributed by atoms with Crippen LogP contribution in [0.15, 0.2) is 85.6 Å². The van der Waals surface area contributed by atoms with Gasteiger partial charge in [-0.05, 0) is 43.2 Å². The molecule has 0 saturated heterocycles. The Balaban J connectivity index is 1.44. The van der Waals surface area contributed by atoms with E-state index in [4.69, 9.17) is 9.97 Å². The van der Waals surface area contributed by atoms with Gasteiger partial charge in [-0.1, -0.05) is 30.3 Å². The molecule has 3 heterocycles. The van der Waals surface area contributed by atoms with Crippen molar-refractivity contribution in [2.24, 2.45) is 7.05 Å². The van der Waals surface area contributed by atoms with Crippen molar-refractivity contribution in [1.82, 2.24) is 24.1 Å². The summed E-state index contributed by atoms with van der Waals surface area (Å²) in [7, 11) is 2.00. The minimum absolute atomic E-state index is 0.136. The average molecular weight is 436 g/mol. The van der Waals surface area contributed by atoms with Crippen LogP contribution < -0.4 is 0 Å². The molecule has 2 aromatic carbocycles. The van der Waals surface area contributed by atoms with Crippen LogP contribution in [0.1, 0.15) is 29.6 Å². The Morgan fingerprint density at radius 3 is 2.48 bits per heavy atom. The topological polar surface area (TPSA) is 65.6 Å². The van der Waals surface area contributed by atoms with Crippen molar-refractivity contribution in [2.45, 2.75) is 25.8 Å². The molecule has 0 atom stereocenters. The molecule has 0 aliphatic rings. The normalized spacial score (nSPS) is 11.2. The average Bonchev–Trinajstić information content (AvgIpc) is 3.53. The summed E-state index contributed by atoms with van der Waals surface area (Å²) in [6.07, 6.45) is 9.81. The van der Waals surface area contributed by atoms with E-state index in [0.29, 0.717) is 12.0 Å². The smallest absolute Gasteiger partial charge is 0.162 e. The number of fused-ring (bicyclic) bond motifs is 1. The zero-order chi connectivity index (χ0) is 22.6. The van der Waals surface area contributed by atoms with Crippen molar-refractivity contribution >= 4 is 16.8 Å². The third-order valence-electron chi connectivity index (χ3n) is 5.85. The second kappa shape index (κ2) is 9.20. The minimum Gasteiger partial charge on any atom is -0.349 e. The molecular formula is C27H25N5O. The van der Waals surface area contributed by atoms with Crippen LogP contribution in [-0.4, -0.2) is 29.9 Å². The molecule has 0 bridgehead atoms. The predicted octanol–water partition coefficient (Wildman–Crippen LogP) is 5.55. The van der Waals surface area contributed by atoms with E-state index in [-0.39, 0.29) is 5.78 Å². The fraction of sp³-hybridized carbons (Fsp3) is 0.185. The molecule has 0 aliphatic carbocycles. The molecule has 6 heteroatoms. The van der Waals surface area contributed by atoms with Gasteiger partial charge in [0.25, 0.3) is 0 Å². The summed E-state index contributed by atoms with van der Waals surface area (Å²) in [5, 5.41) is 0. The van der Waals surface area contributed by atoms with E-state index in [2.05, 4.69) is 4.98 Å². The highest BCUT2D eigenvalue weighted by molar-refractivity contribution is 5.99. The van der Waals surface area contributed by atoms with E-state index < -0.39 is 0 Å². The van der Waals surface area contributed by atoms with Crippen molar-refractivity contribution in [3.8, 4) is 22.6 Å². The van der Waals surface area contributed by atoms with Gasteiger partial charge in [-0.2, -0.15) is 0 Å². The molecule has 164 valence electrons. The fourth-order valence-electron chi connectivity index (χ4n) is 4.05. The monoisotopic (exact) mass is 435 g/mol. The first-order valence-corrected chi connectivity index (χ1v) is 11.2. The van der Waals surface area contributed by atoms with Gasteiger partial charge >= 0.3 is 0 Å². The van der Waals surface area contributed by atoms with Crippen molar-refractivity contribution in [3.63, 3.8) is 0 Å². The molecule has 0 N–H and O–H groups in total. The van der Waals surface area contributed by atoms with Crippen LogP contribution in [0.5, 0.6) is 0 Å². The highest BCUT2D eigenvalue weighted by Crippen LogP contribution is 2.31. The lowest BCUT2D eigenvalue weighted by Crippen LogP contribution is -2.03. The Morgan fingerprint density at radius 2 is 1.73 bits per heavy atom. The summed E-state index contributed by atoms with van der Waals surface area (Å²) in [5.74, 6) is 0.136. The van der Waals surface area contributed by atoms with Gasteiger partial charge in [-0.3, -0.25) is 4.79 Å². The Kier molecular flexibility index (Phi) is 5.81. The number of hydrogen-bond donors (Lipinski definition) is 0. The number of unbranched alkanes of at least 4 members (excludes halogenated alkanes) is 1. The van der Waals surface area contributed by atoms with Gasteiger partial charge in [-0.25, -0.2) is 15.0 Å². The lowest BCUT2D eigenvalue weighted by molar-refractivity contribution is 0.0979. The second-order valence-corrected chi connectivity index (χ2v) is 8.18. The van der Waals surface area contributed by atoms with E-state index in [1.807, 2.05) is 89.2 Å². The lowest BCUT2D eigenvalue weighted by Gasteiger charge is -2.12. The van der Waals surface area contributed by atoms with Crippen molar-refractivity contribution in [2.75, 3.05) is 0 Å². The zero-order valence-corrected chi connectivity index (χ0v) is 18.6. The summed E-state index contributed by atoms with van der Waals surface area (Å²) in [6.45, 7) is 0.874. The van der Waals surface area contributed by atoms with Crippen LogP contribution in [0.3, 0.4) is 0 Å². The highest BCUT2D eigenvalue weighted by Gasteiger charge is 2.16. The molecule has 0 radical (unpaired) electrons. The number of aryl methyl sites for hydroxylation is 2. The van der Waals surface area contributed by atoms with Crippen LogP contribution >= 0.6 is 0 Å². The first-order valence-electron chi connectivity index (χ1n) is 11.2. The maximum absolute atomic E-state index is 12.8. The van der Waals surface area contributed by atoms with Crippen LogP contribution in [0, 0.1) is 0 Å². The van der Waals surface area contributed by atoms with Crippen molar-refractivity contribution in [3.05, 3.63) is 91.1 Å². The van der Waals surface area contributed by atoms with E-state index in [9.17, 15) is 4.79 Å². The number of ketones is 1. The molecule has 5 aromatic rings. The molecule has 0 fully saturated rings. The molecule has 5 rings (SSSR count). The standard InChI is InChI=1S/C27H25N5O/c1-31-15-7-10-24(31)27-26(20-8-3-2-4-9-20)30-23-18-21(12-13-22(23)29-27)25(33)11-5-6-16-32-17-14-28-19-32/h2-4,7-10,12-15,17-19H,5-6,11,16H2,1H3. The Hall–Kier alpha value is -4.06. The summed E-state index contributed by atoms with van der Waals surface area (Å²) in [4.78, 5) is 26.8. The molecule has 0 saturated carbocycles. The highest BCUT2D eigenvalue weighted by atomic mass is 16.1. The first-order chi connectivity index (χ1) is 16.2. The largest absolute Gasteiger partial charge is 0.349 e. The van der Waals surface area contributed by atoms with Crippen molar-refractivity contribution in [1.29, 1.82) is 0 Å². The van der Waals surface area contributed by atoms with Gasteiger partial charge in [0, 0.05) is 49.7 Å². The van der Waals surface area contributed by atoms with Crippen molar-refractivity contribution < 1.29 is 4.79 Å². The fourth-order valence-corrected chi connectivity index (χ4v) is 4.05. The predicted molar refractivity (Wildman–Crippen MR) is 130 cm³/mol. The Morgan fingerprint density at radius 1 is 0.879 bits per heavy atom. The number of hydrogen-bond acceptors (Lipinski definition) is 4. The first kappa shape index (κ1) is 20.8. The number of Topliss-reactive ketones (excluding diaryl/α,β-unsaturated/α-hetero) is 1. The summed E-state index contributed by atoms with van der Waals surface area (Å²) >= 11 is 0. The summed E-state index contributed by atoms with van der Waals surface area (Å²) < 4.78 is 4.08. The van der Waals surface area contributed by atoms with Gasteiger partial charge in [0.15, 0.2) is 5.78 Å². The van der Waals surface area contributed by atoms with E-state index >= 15 is 0 Å². The molecule has 33 heavy (non-hydrogen) atoms. The van der Waals surface area contributed by atoms with E-state index in [0.717, 1.165) is 53.1 Å². The van der Waals surface area contributed by atoms with Crippen LogP contribution in [0.25, 0.3) is 33.7 Å². The Bertz CT molecular complexity index is 1390. The number of imidazole rings is 1. The number of benzene rings is 2. The summed E-state index contributed by atoms with van der Waals surface area (Å²) in [6, 6.07) is 19.8. The van der Waals surface area contributed by atoms with Gasteiger partial charge < -0.3 is 9.13 Å². The molecular weight excluding hydrogens is 410 g/mol. The third kappa shape index (κ3) is 4.46. The van der Waals surface area contributed by atoms with Crippen LogP contribution in [-0.2, 0) is 13.6 Å². The quantitative estimate of drug-likeness (QED) is 0.237. The van der Waals surface area contributed by atoms with Crippen LogP contribution in [0.4, 0.5) is 0 Å². The number of carbonyl (C=O) groups is 1. The number of nitrogens with zero attached hydrogens (tertiary/aromatic N) is 5. The Labute approximate surface area is 192 Å². The summed E-state index contributed by atoms with van der Waals surface area (Å²) in [5.41, 5.74) is 5.85. The molecule has 0 unspecified atom stereocenters. The van der Waals surface area contributed by atoms with E-state index in [1.165, 1.54) is 0 Å². The third-order valence-corrected chi connectivity index (χ3v) is 5.85. The number of aromatic nitrogens is 5. The molecule has 6 nitrogen and oxygen atoms in total. The molecule has 0 aliphatic heterocycles.